The Morgan fingerprint density at radius 2 is 0.607 bits per heavy atom. The molecule has 9 aromatic carbocycles. The van der Waals surface area contributed by atoms with Crippen molar-refractivity contribution < 1.29 is 0 Å². The Morgan fingerprint density at radius 1 is 0.250 bits per heavy atom. The number of para-hydroxylation sites is 2. The van der Waals surface area contributed by atoms with E-state index in [-0.39, 0.29) is 0 Å². The van der Waals surface area contributed by atoms with Gasteiger partial charge in [-0.3, -0.25) is 0 Å². The van der Waals surface area contributed by atoms with Crippen molar-refractivity contribution in [2.75, 3.05) is 4.90 Å². The number of hydrogen-bond acceptors (Lipinski definition) is 1. The molecular formula is C54H38N2. The van der Waals surface area contributed by atoms with Crippen molar-refractivity contribution in [3.8, 4) is 50.2 Å². The Hall–Kier alpha value is -7.42. The number of hydrogen-bond donors (Lipinski definition) is 0. The van der Waals surface area contributed by atoms with Crippen molar-refractivity contribution in [1.82, 2.24) is 4.57 Å². The van der Waals surface area contributed by atoms with Gasteiger partial charge in [0, 0.05) is 33.5 Å². The molecule has 0 saturated carbocycles. The van der Waals surface area contributed by atoms with E-state index in [0.717, 1.165) is 22.7 Å². The van der Waals surface area contributed by atoms with E-state index >= 15 is 0 Å². The molecule has 0 aliphatic rings. The minimum atomic E-state index is 1.10. The topological polar surface area (TPSA) is 8.17 Å². The number of benzene rings is 9. The molecule has 0 bridgehead atoms. The third-order valence-corrected chi connectivity index (χ3v) is 10.8. The number of anilines is 3. The van der Waals surface area contributed by atoms with Crippen LogP contribution in [0, 0.1) is 0 Å². The molecule has 10 aromatic rings. The zero-order valence-corrected chi connectivity index (χ0v) is 30.8. The van der Waals surface area contributed by atoms with Gasteiger partial charge in [-0.2, -0.15) is 0 Å². The van der Waals surface area contributed by atoms with E-state index in [4.69, 9.17) is 0 Å². The predicted molar refractivity (Wildman–Crippen MR) is 237 cm³/mol. The van der Waals surface area contributed by atoms with Crippen LogP contribution >= 0.6 is 0 Å². The summed E-state index contributed by atoms with van der Waals surface area (Å²) in [5, 5.41) is 2.55. The minimum Gasteiger partial charge on any atom is -0.310 e. The molecule has 1 aromatic heterocycles. The molecule has 0 unspecified atom stereocenters. The molecule has 56 heavy (non-hydrogen) atoms. The second-order valence-electron chi connectivity index (χ2n) is 14.2. The van der Waals surface area contributed by atoms with Crippen LogP contribution in [0.4, 0.5) is 17.1 Å². The van der Waals surface area contributed by atoms with Gasteiger partial charge in [0.25, 0.3) is 0 Å². The van der Waals surface area contributed by atoms with Crippen LogP contribution in [-0.2, 0) is 0 Å². The lowest BCUT2D eigenvalue weighted by molar-refractivity contribution is 1.18. The number of fused-ring (bicyclic) bond motifs is 3. The van der Waals surface area contributed by atoms with Crippen LogP contribution in [0.5, 0.6) is 0 Å². The Balaban J connectivity index is 0.940. The first-order valence-electron chi connectivity index (χ1n) is 19.2. The van der Waals surface area contributed by atoms with Crippen LogP contribution in [0.25, 0.3) is 72.0 Å². The molecule has 0 aliphatic heterocycles. The molecule has 2 nitrogen and oxygen atoms in total. The molecule has 0 aliphatic carbocycles. The highest BCUT2D eigenvalue weighted by Gasteiger charge is 2.15. The van der Waals surface area contributed by atoms with Crippen LogP contribution in [0.1, 0.15) is 0 Å². The Morgan fingerprint density at radius 3 is 1.09 bits per heavy atom. The largest absolute Gasteiger partial charge is 0.310 e. The third kappa shape index (κ3) is 6.24. The average Bonchev–Trinajstić information content (AvgIpc) is 3.62. The monoisotopic (exact) mass is 714 g/mol. The highest BCUT2D eigenvalue weighted by Crippen LogP contribution is 2.39. The fourth-order valence-corrected chi connectivity index (χ4v) is 8.00. The summed E-state index contributed by atoms with van der Waals surface area (Å²) in [6.07, 6.45) is 0. The first-order chi connectivity index (χ1) is 27.8. The van der Waals surface area contributed by atoms with Crippen molar-refractivity contribution in [2.45, 2.75) is 0 Å². The van der Waals surface area contributed by atoms with Gasteiger partial charge in [-0.15, -0.1) is 0 Å². The summed E-state index contributed by atoms with van der Waals surface area (Å²) in [7, 11) is 0. The van der Waals surface area contributed by atoms with E-state index in [2.05, 4.69) is 240 Å². The van der Waals surface area contributed by atoms with Gasteiger partial charge < -0.3 is 9.47 Å². The molecule has 0 radical (unpaired) electrons. The normalized spacial score (nSPS) is 11.2. The first kappa shape index (κ1) is 33.2. The summed E-state index contributed by atoms with van der Waals surface area (Å²) in [4.78, 5) is 2.34. The zero-order valence-electron chi connectivity index (χ0n) is 30.8. The Bertz CT molecular complexity index is 2850. The molecule has 0 fully saturated rings. The third-order valence-electron chi connectivity index (χ3n) is 10.8. The molecule has 264 valence electrons. The fourth-order valence-electron chi connectivity index (χ4n) is 8.00. The van der Waals surface area contributed by atoms with Gasteiger partial charge in [0.15, 0.2) is 0 Å². The number of nitrogens with zero attached hydrogens (tertiary/aromatic N) is 2. The Labute approximate surface area is 327 Å². The van der Waals surface area contributed by atoms with Crippen molar-refractivity contribution in [1.29, 1.82) is 0 Å². The molecule has 10 rings (SSSR count). The van der Waals surface area contributed by atoms with Crippen LogP contribution in [0.3, 0.4) is 0 Å². The van der Waals surface area contributed by atoms with Gasteiger partial charge in [0.05, 0.1) is 11.0 Å². The van der Waals surface area contributed by atoms with Crippen molar-refractivity contribution >= 4 is 38.9 Å². The SMILES string of the molecule is c1ccc(-c2ccc(N(c3ccc(-c4ccc(-c5ccc(-n6c7ccccc7c7ccccc76)cc5)cc4)cc3)c3cccc(-c4ccccc4)c3)cc2)cc1. The van der Waals surface area contributed by atoms with E-state index in [1.54, 1.807) is 0 Å². The summed E-state index contributed by atoms with van der Waals surface area (Å²) < 4.78 is 2.36. The number of rotatable bonds is 8. The smallest absolute Gasteiger partial charge is 0.0541 e. The maximum absolute atomic E-state index is 2.36. The lowest BCUT2D eigenvalue weighted by Crippen LogP contribution is -2.10. The van der Waals surface area contributed by atoms with Crippen LogP contribution in [0.15, 0.2) is 231 Å². The van der Waals surface area contributed by atoms with Gasteiger partial charge >= 0.3 is 0 Å². The molecular weight excluding hydrogens is 677 g/mol. The van der Waals surface area contributed by atoms with Crippen molar-refractivity contribution in [3.63, 3.8) is 0 Å². The van der Waals surface area contributed by atoms with Crippen molar-refractivity contribution in [2.24, 2.45) is 0 Å². The van der Waals surface area contributed by atoms with E-state index in [9.17, 15) is 0 Å². The zero-order chi connectivity index (χ0) is 37.3. The molecule has 0 atom stereocenters. The summed E-state index contributed by atoms with van der Waals surface area (Å²) in [6, 6.07) is 82.9. The predicted octanol–water partition coefficient (Wildman–Crippen LogP) is 14.9. The first-order valence-corrected chi connectivity index (χ1v) is 19.2. The molecule has 0 saturated heterocycles. The van der Waals surface area contributed by atoms with E-state index < -0.39 is 0 Å². The van der Waals surface area contributed by atoms with Crippen LogP contribution in [-0.4, -0.2) is 4.57 Å². The summed E-state index contributed by atoms with van der Waals surface area (Å²) in [5.41, 5.74) is 16.5. The summed E-state index contributed by atoms with van der Waals surface area (Å²) in [6.45, 7) is 0. The maximum atomic E-state index is 2.36. The average molecular weight is 715 g/mol. The lowest BCUT2D eigenvalue weighted by atomic mass is 9.99. The van der Waals surface area contributed by atoms with Crippen LogP contribution < -0.4 is 4.90 Å². The second kappa shape index (κ2) is 14.4. The molecule has 1 heterocycles. The van der Waals surface area contributed by atoms with E-state index in [1.807, 2.05) is 0 Å². The van der Waals surface area contributed by atoms with Crippen molar-refractivity contribution in [3.05, 3.63) is 231 Å². The fraction of sp³-hybridized carbons (Fsp3) is 0. The van der Waals surface area contributed by atoms with Crippen LogP contribution in [0.2, 0.25) is 0 Å². The lowest BCUT2D eigenvalue weighted by Gasteiger charge is -2.26. The standard InChI is InChI=1S/C54H38N2/c1-3-12-39(13-4-1)43-26-32-47(33-27-43)55(50-17-11-16-46(38-50)40-14-5-2-6-15-40)48-34-28-44(29-35-48)41-22-24-42(25-23-41)45-30-36-49(37-31-45)56-53-20-9-7-18-51(53)52-19-8-10-21-54(52)56/h1-38H. The highest BCUT2D eigenvalue weighted by atomic mass is 15.1. The van der Waals surface area contributed by atoms with Gasteiger partial charge in [0.1, 0.15) is 0 Å². The van der Waals surface area contributed by atoms with Gasteiger partial charge in [-0.1, -0.05) is 170 Å². The van der Waals surface area contributed by atoms with Gasteiger partial charge in [-0.05, 0) is 105 Å². The highest BCUT2D eigenvalue weighted by molar-refractivity contribution is 6.09. The second-order valence-corrected chi connectivity index (χ2v) is 14.2. The molecule has 0 spiro atoms. The maximum Gasteiger partial charge on any atom is 0.0541 e. The minimum absolute atomic E-state index is 1.10. The van der Waals surface area contributed by atoms with Gasteiger partial charge in [-0.25, -0.2) is 0 Å². The summed E-state index contributed by atoms with van der Waals surface area (Å²) >= 11 is 0. The van der Waals surface area contributed by atoms with E-state index in [0.29, 0.717) is 0 Å². The number of aromatic nitrogens is 1. The Kier molecular flexibility index (Phi) is 8.55. The summed E-state index contributed by atoms with van der Waals surface area (Å²) in [5.74, 6) is 0. The van der Waals surface area contributed by atoms with Gasteiger partial charge in [0.2, 0.25) is 0 Å². The quantitative estimate of drug-likeness (QED) is 0.152. The van der Waals surface area contributed by atoms with E-state index in [1.165, 1.54) is 66.3 Å². The molecule has 0 N–H and O–H groups in total. The molecule has 0 amide bonds. The molecule has 2 heteroatoms.